The molecule has 2 rings (SSSR count). The minimum Gasteiger partial charge on any atom is -0.478 e. The summed E-state index contributed by atoms with van der Waals surface area (Å²) in [5, 5.41) is 9.50. The van der Waals surface area contributed by atoms with E-state index in [1.54, 1.807) is 6.07 Å². The van der Waals surface area contributed by atoms with Gasteiger partial charge in [-0.2, -0.15) is 0 Å². The Labute approximate surface area is 138 Å². The van der Waals surface area contributed by atoms with Crippen LogP contribution in [0.1, 0.15) is 35.3 Å². The van der Waals surface area contributed by atoms with Crippen LogP contribution in [0.25, 0.3) is 11.1 Å². The molecule has 0 atom stereocenters. The number of benzene rings is 2. The molecule has 0 saturated heterocycles. The molecule has 0 spiro atoms. The molecule has 0 amide bonds. The topological polar surface area (TPSA) is 40.5 Å². The first-order valence-electron chi connectivity index (χ1n) is 7.99. The zero-order valence-corrected chi connectivity index (χ0v) is 14.3. The first-order chi connectivity index (χ1) is 10.9. The molecule has 122 valence electrons. The fourth-order valence-electron chi connectivity index (χ4n) is 2.97. The molecule has 3 heteroatoms. The van der Waals surface area contributed by atoms with Gasteiger partial charge in [0.1, 0.15) is 0 Å². The van der Waals surface area contributed by atoms with E-state index in [4.69, 9.17) is 0 Å². The summed E-state index contributed by atoms with van der Waals surface area (Å²) in [5.41, 5.74) is 4.36. The summed E-state index contributed by atoms with van der Waals surface area (Å²) in [6, 6.07) is 13.6. The average Bonchev–Trinajstić information content (AvgIpc) is 2.46. The van der Waals surface area contributed by atoms with Crippen molar-refractivity contribution >= 4 is 5.97 Å². The molecule has 23 heavy (non-hydrogen) atoms. The molecular weight excluding hydrogens is 286 g/mol. The standard InChI is InChI=1S/C20H25NO2/c1-14(2)12-21(4)13-16-9-10-18(20(22)23)19(11-16)17-8-6-5-7-15(17)3/h5-11,14H,12-13H2,1-4H3,(H,22,23). The minimum atomic E-state index is -0.884. The number of nitrogens with zero attached hydrogens (tertiary/aromatic N) is 1. The molecule has 2 aromatic rings. The summed E-state index contributed by atoms with van der Waals surface area (Å²) in [4.78, 5) is 13.8. The van der Waals surface area contributed by atoms with E-state index < -0.39 is 5.97 Å². The van der Waals surface area contributed by atoms with Crippen LogP contribution in [0.2, 0.25) is 0 Å². The van der Waals surface area contributed by atoms with Gasteiger partial charge in [0, 0.05) is 13.1 Å². The number of hydrogen-bond donors (Lipinski definition) is 1. The number of carboxylic acid groups (broad SMARTS) is 1. The molecule has 0 heterocycles. The summed E-state index contributed by atoms with van der Waals surface area (Å²) in [6.45, 7) is 8.24. The van der Waals surface area contributed by atoms with E-state index in [-0.39, 0.29) is 0 Å². The van der Waals surface area contributed by atoms with Crippen molar-refractivity contribution in [2.45, 2.75) is 27.3 Å². The third-order valence-electron chi connectivity index (χ3n) is 3.88. The summed E-state index contributed by atoms with van der Waals surface area (Å²) in [5.74, 6) is -0.278. The van der Waals surface area contributed by atoms with Crippen LogP contribution in [-0.4, -0.2) is 29.6 Å². The summed E-state index contributed by atoms with van der Waals surface area (Å²) in [7, 11) is 2.10. The van der Waals surface area contributed by atoms with Crippen LogP contribution in [0, 0.1) is 12.8 Å². The molecule has 0 aliphatic carbocycles. The van der Waals surface area contributed by atoms with Gasteiger partial charge in [0.2, 0.25) is 0 Å². The number of aromatic carboxylic acids is 1. The van der Waals surface area contributed by atoms with Gasteiger partial charge in [-0.25, -0.2) is 4.79 Å². The molecule has 0 aromatic heterocycles. The summed E-state index contributed by atoms with van der Waals surface area (Å²) in [6.07, 6.45) is 0. The zero-order chi connectivity index (χ0) is 17.0. The minimum absolute atomic E-state index is 0.356. The number of carbonyl (C=O) groups is 1. The lowest BCUT2D eigenvalue weighted by Crippen LogP contribution is -2.22. The van der Waals surface area contributed by atoms with E-state index >= 15 is 0 Å². The predicted octanol–water partition coefficient (Wildman–Crippen LogP) is 4.45. The van der Waals surface area contributed by atoms with Crippen molar-refractivity contribution in [2.24, 2.45) is 5.92 Å². The number of aryl methyl sites for hydroxylation is 1. The van der Waals surface area contributed by atoms with Gasteiger partial charge in [-0.3, -0.25) is 0 Å². The van der Waals surface area contributed by atoms with Gasteiger partial charge in [-0.1, -0.05) is 44.2 Å². The average molecular weight is 311 g/mol. The molecule has 0 unspecified atom stereocenters. The highest BCUT2D eigenvalue weighted by molar-refractivity contribution is 5.96. The number of carboxylic acids is 1. The number of rotatable bonds is 6. The SMILES string of the molecule is Cc1ccccc1-c1cc(CN(C)CC(C)C)ccc1C(=O)O. The fraction of sp³-hybridized carbons (Fsp3) is 0.350. The van der Waals surface area contributed by atoms with Gasteiger partial charge in [-0.05, 0) is 54.3 Å². The Balaban J connectivity index is 2.41. The van der Waals surface area contributed by atoms with Crippen molar-refractivity contribution in [3.8, 4) is 11.1 Å². The molecule has 3 nitrogen and oxygen atoms in total. The van der Waals surface area contributed by atoms with Gasteiger partial charge in [0.15, 0.2) is 0 Å². The second kappa shape index (κ2) is 7.42. The van der Waals surface area contributed by atoms with Crippen LogP contribution in [-0.2, 0) is 6.54 Å². The van der Waals surface area contributed by atoms with Crippen molar-refractivity contribution in [3.05, 3.63) is 59.2 Å². The highest BCUT2D eigenvalue weighted by Crippen LogP contribution is 2.28. The Morgan fingerprint density at radius 1 is 1.13 bits per heavy atom. The van der Waals surface area contributed by atoms with Crippen LogP contribution >= 0.6 is 0 Å². The van der Waals surface area contributed by atoms with Crippen molar-refractivity contribution in [3.63, 3.8) is 0 Å². The third-order valence-corrected chi connectivity index (χ3v) is 3.88. The van der Waals surface area contributed by atoms with Gasteiger partial charge < -0.3 is 10.0 Å². The highest BCUT2D eigenvalue weighted by Gasteiger charge is 2.14. The van der Waals surface area contributed by atoms with E-state index in [9.17, 15) is 9.90 Å². The van der Waals surface area contributed by atoms with Crippen LogP contribution in [0.5, 0.6) is 0 Å². The van der Waals surface area contributed by atoms with Crippen LogP contribution in [0.4, 0.5) is 0 Å². The lowest BCUT2D eigenvalue weighted by atomic mass is 9.94. The van der Waals surface area contributed by atoms with Gasteiger partial charge in [0.25, 0.3) is 0 Å². The second-order valence-electron chi connectivity index (χ2n) is 6.59. The smallest absolute Gasteiger partial charge is 0.336 e. The van der Waals surface area contributed by atoms with Crippen LogP contribution in [0.15, 0.2) is 42.5 Å². The maximum absolute atomic E-state index is 11.6. The van der Waals surface area contributed by atoms with Crippen LogP contribution < -0.4 is 0 Å². The van der Waals surface area contributed by atoms with Gasteiger partial charge in [0.05, 0.1) is 5.56 Å². The highest BCUT2D eigenvalue weighted by atomic mass is 16.4. The van der Waals surface area contributed by atoms with E-state index in [1.165, 1.54) is 0 Å². The molecule has 0 fully saturated rings. The van der Waals surface area contributed by atoms with E-state index in [1.807, 2.05) is 43.3 Å². The number of hydrogen-bond acceptors (Lipinski definition) is 2. The second-order valence-corrected chi connectivity index (χ2v) is 6.59. The Bertz CT molecular complexity index is 692. The van der Waals surface area contributed by atoms with Crippen molar-refractivity contribution < 1.29 is 9.90 Å². The first kappa shape index (κ1) is 17.2. The maximum atomic E-state index is 11.6. The third kappa shape index (κ3) is 4.42. The van der Waals surface area contributed by atoms with Gasteiger partial charge in [-0.15, -0.1) is 0 Å². The quantitative estimate of drug-likeness (QED) is 0.857. The summed E-state index contributed by atoms with van der Waals surface area (Å²) >= 11 is 0. The van der Waals surface area contributed by atoms with Crippen LogP contribution in [0.3, 0.4) is 0 Å². The Kier molecular flexibility index (Phi) is 5.56. The normalized spacial score (nSPS) is 11.2. The van der Waals surface area contributed by atoms with Crippen molar-refractivity contribution in [2.75, 3.05) is 13.6 Å². The first-order valence-corrected chi connectivity index (χ1v) is 7.99. The summed E-state index contributed by atoms with van der Waals surface area (Å²) < 4.78 is 0. The Morgan fingerprint density at radius 3 is 2.43 bits per heavy atom. The predicted molar refractivity (Wildman–Crippen MR) is 94.7 cm³/mol. The van der Waals surface area contributed by atoms with E-state index in [0.717, 1.165) is 35.3 Å². The Hall–Kier alpha value is -2.13. The molecule has 0 radical (unpaired) electrons. The molecular formula is C20H25NO2. The molecule has 0 aliphatic heterocycles. The maximum Gasteiger partial charge on any atom is 0.336 e. The van der Waals surface area contributed by atoms with Gasteiger partial charge >= 0.3 is 5.97 Å². The zero-order valence-electron chi connectivity index (χ0n) is 14.3. The molecule has 1 N–H and O–H groups in total. The lowest BCUT2D eigenvalue weighted by molar-refractivity contribution is 0.0697. The Morgan fingerprint density at radius 2 is 1.83 bits per heavy atom. The van der Waals surface area contributed by atoms with E-state index in [0.29, 0.717) is 11.5 Å². The molecule has 0 aliphatic rings. The molecule has 2 aromatic carbocycles. The van der Waals surface area contributed by atoms with Crippen molar-refractivity contribution in [1.82, 2.24) is 4.90 Å². The van der Waals surface area contributed by atoms with Crippen molar-refractivity contribution in [1.29, 1.82) is 0 Å². The molecule has 0 bridgehead atoms. The monoisotopic (exact) mass is 311 g/mol. The van der Waals surface area contributed by atoms with E-state index in [2.05, 4.69) is 25.8 Å². The molecule has 0 saturated carbocycles. The fourth-order valence-corrected chi connectivity index (χ4v) is 2.97. The lowest BCUT2D eigenvalue weighted by Gasteiger charge is -2.20. The largest absolute Gasteiger partial charge is 0.478 e.